The number of benzene rings is 1. The lowest BCUT2D eigenvalue weighted by Gasteiger charge is -2.26. The van der Waals surface area contributed by atoms with Crippen LogP contribution in [-0.4, -0.2) is 30.3 Å². The summed E-state index contributed by atoms with van der Waals surface area (Å²) in [5.41, 5.74) is 0.671. The summed E-state index contributed by atoms with van der Waals surface area (Å²) in [4.78, 5) is 14.6. The van der Waals surface area contributed by atoms with E-state index in [4.69, 9.17) is 11.6 Å². The van der Waals surface area contributed by atoms with Crippen molar-refractivity contribution in [2.24, 2.45) is 0 Å². The summed E-state index contributed by atoms with van der Waals surface area (Å²) in [6.07, 6.45) is 8.02. The molecule has 0 aliphatic carbocycles. The number of nitrogens with zero attached hydrogens (tertiary/aromatic N) is 1. The lowest BCUT2D eigenvalue weighted by Crippen LogP contribution is -2.30. The highest BCUT2D eigenvalue weighted by Gasteiger charge is 2.11. The van der Waals surface area contributed by atoms with E-state index in [9.17, 15) is 4.79 Å². The minimum atomic E-state index is 0.175. The fourth-order valence-corrected chi connectivity index (χ4v) is 3.04. The largest absolute Gasteiger partial charge is 0.303 e. The molecule has 1 heterocycles. The molecule has 1 fully saturated rings. The van der Waals surface area contributed by atoms with Gasteiger partial charge in [-0.1, -0.05) is 36.6 Å². The van der Waals surface area contributed by atoms with Crippen LogP contribution in [0.1, 0.15) is 55.3 Å². The van der Waals surface area contributed by atoms with Gasteiger partial charge in [-0.3, -0.25) is 4.79 Å². The van der Waals surface area contributed by atoms with Crippen molar-refractivity contribution in [3.63, 3.8) is 0 Å². The first-order chi connectivity index (χ1) is 9.77. The second kappa shape index (κ2) is 8.43. The third-order valence-electron chi connectivity index (χ3n) is 4.00. The van der Waals surface area contributed by atoms with Gasteiger partial charge >= 0.3 is 0 Å². The first-order valence-corrected chi connectivity index (χ1v) is 8.15. The maximum absolute atomic E-state index is 12.0. The van der Waals surface area contributed by atoms with Crippen molar-refractivity contribution >= 4 is 17.4 Å². The third kappa shape index (κ3) is 4.92. The second-order valence-electron chi connectivity index (χ2n) is 5.62. The number of hydrogen-bond donors (Lipinski definition) is 0. The Morgan fingerprint density at radius 3 is 2.55 bits per heavy atom. The molecule has 110 valence electrons. The average Bonchev–Trinajstić information content (AvgIpc) is 2.48. The standard InChI is InChI=1S/C17H24ClNO/c18-16-10-5-4-9-15(16)17(20)11-3-1-6-12-19-13-7-2-8-14-19/h4-5,9-10H,1-3,6-8,11-14H2. The Bertz CT molecular complexity index is 427. The van der Waals surface area contributed by atoms with Gasteiger partial charge in [0.15, 0.2) is 5.78 Å². The summed E-state index contributed by atoms with van der Waals surface area (Å²) in [5.74, 6) is 0.175. The van der Waals surface area contributed by atoms with Crippen LogP contribution in [0.5, 0.6) is 0 Å². The third-order valence-corrected chi connectivity index (χ3v) is 4.33. The topological polar surface area (TPSA) is 20.3 Å². The Labute approximate surface area is 127 Å². The second-order valence-corrected chi connectivity index (χ2v) is 6.02. The predicted molar refractivity (Wildman–Crippen MR) is 84.5 cm³/mol. The molecule has 0 radical (unpaired) electrons. The van der Waals surface area contributed by atoms with Gasteiger partial charge in [-0.2, -0.15) is 0 Å². The van der Waals surface area contributed by atoms with Crippen molar-refractivity contribution < 1.29 is 4.79 Å². The van der Waals surface area contributed by atoms with Crippen molar-refractivity contribution in [2.45, 2.75) is 44.9 Å². The van der Waals surface area contributed by atoms with Gasteiger partial charge in [-0.25, -0.2) is 0 Å². The zero-order valence-electron chi connectivity index (χ0n) is 12.1. The summed E-state index contributed by atoms with van der Waals surface area (Å²) >= 11 is 6.03. The Hall–Kier alpha value is -0.860. The van der Waals surface area contributed by atoms with Crippen LogP contribution in [0.4, 0.5) is 0 Å². The molecule has 0 bridgehead atoms. The average molecular weight is 294 g/mol. The zero-order chi connectivity index (χ0) is 14.2. The molecule has 20 heavy (non-hydrogen) atoms. The molecule has 1 aliphatic heterocycles. The van der Waals surface area contributed by atoms with Crippen LogP contribution in [0.15, 0.2) is 24.3 Å². The van der Waals surface area contributed by atoms with E-state index in [-0.39, 0.29) is 5.78 Å². The Balaban J connectivity index is 1.61. The number of likely N-dealkylation sites (tertiary alicyclic amines) is 1. The molecule has 2 nitrogen and oxygen atoms in total. The van der Waals surface area contributed by atoms with E-state index < -0.39 is 0 Å². The van der Waals surface area contributed by atoms with E-state index >= 15 is 0 Å². The van der Waals surface area contributed by atoms with Gasteiger partial charge in [0, 0.05) is 12.0 Å². The Kier molecular flexibility index (Phi) is 6.55. The fraction of sp³-hybridized carbons (Fsp3) is 0.588. The van der Waals surface area contributed by atoms with Gasteiger partial charge in [0.05, 0.1) is 5.02 Å². The molecule has 0 atom stereocenters. The molecule has 1 saturated heterocycles. The van der Waals surface area contributed by atoms with E-state index in [0.29, 0.717) is 17.0 Å². The van der Waals surface area contributed by atoms with Crippen LogP contribution < -0.4 is 0 Å². The van der Waals surface area contributed by atoms with E-state index in [2.05, 4.69) is 4.90 Å². The zero-order valence-corrected chi connectivity index (χ0v) is 12.9. The number of Topliss-reactive ketones (excluding diaryl/α,β-unsaturated/α-hetero) is 1. The highest BCUT2D eigenvalue weighted by molar-refractivity contribution is 6.33. The number of carbonyl (C=O) groups excluding carboxylic acids is 1. The quantitative estimate of drug-likeness (QED) is 0.542. The minimum Gasteiger partial charge on any atom is -0.303 e. The predicted octanol–water partition coefficient (Wildman–Crippen LogP) is 4.57. The lowest BCUT2D eigenvalue weighted by atomic mass is 10.0. The lowest BCUT2D eigenvalue weighted by molar-refractivity contribution is 0.0978. The highest BCUT2D eigenvalue weighted by atomic mass is 35.5. The molecule has 1 aromatic carbocycles. The van der Waals surface area contributed by atoms with Gasteiger partial charge in [-0.15, -0.1) is 0 Å². The fourth-order valence-electron chi connectivity index (χ4n) is 2.80. The van der Waals surface area contributed by atoms with E-state index in [1.54, 1.807) is 6.07 Å². The number of hydrogen-bond acceptors (Lipinski definition) is 2. The molecular weight excluding hydrogens is 270 g/mol. The van der Waals surface area contributed by atoms with Crippen LogP contribution in [0.25, 0.3) is 0 Å². The van der Waals surface area contributed by atoms with Crippen molar-refractivity contribution in [2.75, 3.05) is 19.6 Å². The molecule has 0 unspecified atom stereocenters. The van der Waals surface area contributed by atoms with Gasteiger partial charge in [0.2, 0.25) is 0 Å². The van der Waals surface area contributed by atoms with Crippen LogP contribution in [-0.2, 0) is 0 Å². The molecule has 0 saturated carbocycles. The van der Waals surface area contributed by atoms with E-state index in [1.807, 2.05) is 18.2 Å². The first-order valence-electron chi connectivity index (χ1n) is 7.77. The molecule has 0 amide bonds. The minimum absolute atomic E-state index is 0.175. The Morgan fingerprint density at radius 2 is 1.80 bits per heavy atom. The van der Waals surface area contributed by atoms with Crippen molar-refractivity contribution in [3.8, 4) is 0 Å². The maximum Gasteiger partial charge on any atom is 0.164 e. The molecule has 0 aromatic heterocycles. The molecule has 3 heteroatoms. The summed E-state index contributed by atoms with van der Waals surface area (Å²) in [6, 6.07) is 7.33. The van der Waals surface area contributed by atoms with Crippen LogP contribution in [0.3, 0.4) is 0 Å². The molecule has 1 aliphatic rings. The molecule has 0 spiro atoms. The van der Waals surface area contributed by atoms with Crippen molar-refractivity contribution in [3.05, 3.63) is 34.9 Å². The summed E-state index contributed by atoms with van der Waals surface area (Å²) in [7, 11) is 0. The van der Waals surface area contributed by atoms with Crippen molar-refractivity contribution in [1.29, 1.82) is 0 Å². The Morgan fingerprint density at radius 1 is 1.05 bits per heavy atom. The normalized spacial score (nSPS) is 16.2. The van der Waals surface area contributed by atoms with Gasteiger partial charge in [0.25, 0.3) is 0 Å². The molecule has 2 rings (SSSR count). The number of piperidine rings is 1. The first kappa shape index (κ1) is 15.5. The highest BCUT2D eigenvalue weighted by Crippen LogP contribution is 2.18. The number of halogens is 1. The monoisotopic (exact) mass is 293 g/mol. The van der Waals surface area contributed by atoms with E-state index in [0.717, 1.165) is 12.8 Å². The maximum atomic E-state index is 12.0. The van der Waals surface area contributed by atoms with Gasteiger partial charge < -0.3 is 4.90 Å². The summed E-state index contributed by atoms with van der Waals surface area (Å²) < 4.78 is 0. The summed E-state index contributed by atoms with van der Waals surface area (Å²) in [6.45, 7) is 3.72. The van der Waals surface area contributed by atoms with Gasteiger partial charge in [-0.05, 0) is 57.5 Å². The molecule has 0 N–H and O–H groups in total. The van der Waals surface area contributed by atoms with Gasteiger partial charge in [0.1, 0.15) is 0 Å². The van der Waals surface area contributed by atoms with E-state index in [1.165, 1.54) is 45.3 Å². The number of rotatable bonds is 7. The van der Waals surface area contributed by atoms with Crippen LogP contribution in [0.2, 0.25) is 5.02 Å². The SMILES string of the molecule is O=C(CCCCCN1CCCCC1)c1ccccc1Cl. The molecule has 1 aromatic rings. The number of ketones is 1. The smallest absolute Gasteiger partial charge is 0.164 e. The molecular formula is C17H24ClNO. The van der Waals surface area contributed by atoms with Crippen molar-refractivity contribution in [1.82, 2.24) is 4.90 Å². The summed E-state index contributed by atoms with van der Waals surface area (Å²) in [5, 5.41) is 0.575. The van der Waals surface area contributed by atoms with Crippen LogP contribution >= 0.6 is 11.6 Å². The van der Waals surface area contributed by atoms with Crippen LogP contribution in [0, 0.1) is 0 Å². The number of carbonyl (C=O) groups is 1. The number of unbranched alkanes of at least 4 members (excludes halogenated alkanes) is 2.